The average molecular weight is 372 g/mol. The van der Waals surface area contributed by atoms with E-state index in [2.05, 4.69) is 10.3 Å². The summed E-state index contributed by atoms with van der Waals surface area (Å²) in [6.07, 6.45) is 1.44. The number of nitrogens with zero attached hydrogens (tertiary/aromatic N) is 3. The molecular formula is C14H20N4O4S2. The molecule has 2 aliphatic rings. The third kappa shape index (κ3) is 3.17. The molecule has 1 aromatic rings. The molecule has 24 heavy (non-hydrogen) atoms. The summed E-state index contributed by atoms with van der Waals surface area (Å²) in [5.41, 5.74) is 0.570. The Bertz CT molecular complexity index is 777. The van der Waals surface area contributed by atoms with Gasteiger partial charge in [0.05, 0.1) is 16.9 Å². The summed E-state index contributed by atoms with van der Waals surface area (Å²) in [4.78, 5) is 30.4. The molecule has 2 amide bonds. The van der Waals surface area contributed by atoms with Crippen LogP contribution in [-0.2, 0) is 14.8 Å². The second-order valence-electron chi connectivity index (χ2n) is 6.38. The van der Waals surface area contributed by atoms with Gasteiger partial charge in [-0.3, -0.25) is 9.59 Å². The number of carbonyl (C=O) groups is 2. The van der Waals surface area contributed by atoms with Crippen LogP contribution in [0.5, 0.6) is 0 Å². The molecule has 1 saturated heterocycles. The van der Waals surface area contributed by atoms with Crippen molar-refractivity contribution in [1.82, 2.24) is 14.2 Å². The zero-order chi connectivity index (χ0) is 17.6. The number of hydrogen-bond acceptors (Lipinski definition) is 6. The molecule has 0 unspecified atom stereocenters. The fourth-order valence-corrected chi connectivity index (χ4v) is 5.37. The molecule has 1 aliphatic carbocycles. The maximum Gasteiger partial charge on any atom is 0.265 e. The lowest BCUT2D eigenvalue weighted by atomic mass is 10.0. The average Bonchev–Trinajstić information content (AvgIpc) is 3.21. The van der Waals surface area contributed by atoms with Crippen molar-refractivity contribution in [2.24, 2.45) is 5.92 Å². The molecule has 1 aromatic heterocycles. The number of sulfonamides is 1. The van der Waals surface area contributed by atoms with Crippen molar-refractivity contribution in [2.75, 3.05) is 32.5 Å². The number of rotatable bonds is 5. The Kier molecular flexibility index (Phi) is 4.39. The summed E-state index contributed by atoms with van der Waals surface area (Å²) in [5.74, 6) is -0.776. The number of carbonyl (C=O) groups excluding carboxylic acids is 2. The van der Waals surface area contributed by atoms with E-state index in [1.54, 1.807) is 21.0 Å². The third-order valence-electron chi connectivity index (χ3n) is 4.15. The predicted molar refractivity (Wildman–Crippen MR) is 90.5 cm³/mol. The molecule has 0 atom stereocenters. The van der Waals surface area contributed by atoms with Crippen molar-refractivity contribution >= 4 is 38.3 Å². The maximum absolute atomic E-state index is 12.2. The van der Waals surface area contributed by atoms with Crippen molar-refractivity contribution in [1.29, 1.82) is 0 Å². The molecule has 0 radical (unpaired) electrons. The normalized spacial score (nSPS) is 19.0. The topological polar surface area (TPSA) is 99.7 Å². The molecule has 1 aliphatic heterocycles. The largest absolute Gasteiger partial charge is 0.344 e. The fraction of sp³-hybridized carbons (Fsp3) is 0.643. The van der Waals surface area contributed by atoms with E-state index in [0.717, 1.165) is 24.2 Å². The third-order valence-corrected chi connectivity index (χ3v) is 7.54. The molecule has 0 spiro atoms. The van der Waals surface area contributed by atoms with Gasteiger partial charge in [0.2, 0.25) is 15.9 Å². The summed E-state index contributed by atoms with van der Waals surface area (Å²) in [6.45, 7) is 2.16. The van der Waals surface area contributed by atoms with Crippen LogP contribution in [0, 0.1) is 12.8 Å². The van der Waals surface area contributed by atoms with Crippen LogP contribution in [0.1, 0.15) is 28.2 Å². The smallest absolute Gasteiger partial charge is 0.265 e. The molecule has 1 saturated carbocycles. The number of amides is 2. The summed E-state index contributed by atoms with van der Waals surface area (Å²) >= 11 is 1.13. The molecule has 0 aromatic carbocycles. The number of anilines is 1. The van der Waals surface area contributed by atoms with E-state index in [1.165, 1.54) is 9.21 Å². The molecule has 2 heterocycles. The van der Waals surface area contributed by atoms with E-state index in [9.17, 15) is 18.0 Å². The summed E-state index contributed by atoms with van der Waals surface area (Å²) in [6, 6.07) is 0. The van der Waals surface area contributed by atoms with E-state index in [0.29, 0.717) is 15.7 Å². The van der Waals surface area contributed by atoms with Crippen LogP contribution < -0.4 is 5.32 Å². The Morgan fingerprint density at radius 1 is 1.29 bits per heavy atom. The van der Waals surface area contributed by atoms with Crippen LogP contribution in [0.4, 0.5) is 5.13 Å². The Labute approximate surface area is 144 Å². The van der Waals surface area contributed by atoms with Crippen LogP contribution in [0.25, 0.3) is 0 Å². The highest BCUT2D eigenvalue weighted by atomic mass is 32.2. The highest BCUT2D eigenvalue weighted by Gasteiger charge is 2.47. The highest BCUT2D eigenvalue weighted by molar-refractivity contribution is 7.90. The van der Waals surface area contributed by atoms with Crippen molar-refractivity contribution in [3.05, 3.63) is 10.6 Å². The first-order valence-electron chi connectivity index (χ1n) is 7.69. The summed E-state index contributed by atoms with van der Waals surface area (Å²) in [7, 11) is 0.110. The van der Waals surface area contributed by atoms with Crippen LogP contribution >= 0.6 is 11.3 Å². The van der Waals surface area contributed by atoms with Crippen LogP contribution in [0.15, 0.2) is 0 Å². The first-order chi connectivity index (χ1) is 11.2. The standard InChI is InChI=1S/C14H20N4O4S2/c1-8-11(13(20)17(2)3)23-14(15-8)16-12(19)9-6-18(7-9)24(21,22)10-4-5-10/h9-10H,4-7H2,1-3H3,(H,15,16,19). The SMILES string of the molecule is Cc1nc(NC(=O)C2CN(S(=O)(=O)C3CC3)C2)sc1C(=O)N(C)C. The molecule has 3 rings (SSSR count). The quantitative estimate of drug-likeness (QED) is 0.812. The van der Waals surface area contributed by atoms with Gasteiger partial charge in [0.25, 0.3) is 5.91 Å². The van der Waals surface area contributed by atoms with E-state index >= 15 is 0 Å². The second-order valence-corrected chi connectivity index (χ2v) is 9.59. The number of thiazole rings is 1. The Morgan fingerprint density at radius 3 is 2.46 bits per heavy atom. The van der Waals surface area contributed by atoms with Crippen LogP contribution in [0.3, 0.4) is 0 Å². The fourth-order valence-electron chi connectivity index (χ4n) is 2.45. The van der Waals surface area contributed by atoms with E-state index in [4.69, 9.17) is 0 Å². The van der Waals surface area contributed by atoms with Crippen molar-refractivity contribution < 1.29 is 18.0 Å². The molecule has 10 heteroatoms. The number of hydrogen-bond donors (Lipinski definition) is 1. The van der Waals surface area contributed by atoms with Crippen LogP contribution in [-0.4, -0.2) is 66.9 Å². The van der Waals surface area contributed by atoms with Gasteiger partial charge >= 0.3 is 0 Å². The van der Waals surface area contributed by atoms with Crippen molar-refractivity contribution in [3.63, 3.8) is 0 Å². The van der Waals surface area contributed by atoms with Gasteiger partial charge in [0, 0.05) is 27.2 Å². The van der Waals surface area contributed by atoms with Gasteiger partial charge in [-0.1, -0.05) is 11.3 Å². The van der Waals surface area contributed by atoms with Gasteiger partial charge in [-0.15, -0.1) is 0 Å². The van der Waals surface area contributed by atoms with E-state index in [-0.39, 0.29) is 36.1 Å². The number of aryl methyl sites for hydroxylation is 1. The van der Waals surface area contributed by atoms with Crippen molar-refractivity contribution in [3.8, 4) is 0 Å². The molecule has 8 nitrogen and oxygen atoms in total. The van der Waals surface area contributed by atoms with Gasteiger partial charge in [-0.25, -0.2) is 13.4 Å². The minimum absolute atomic E-state index is 0.157. The summed E-state index contributed by atoms with van der Waals surface area (Å²) in [5, 5.41) is 2.81. The first kappa shape index (κ1) is 17.3. The lowest BCUT2D eigenvalue weighted by molar-refractivity contribution is -0.122. The highest BCUT2D eigenvalue weighted by Crippen LogP contribution is 2.35. The Balaban J connectivity index is 1.59. The Hall–Kier alpha value is -1.52. The zero-order valence-corrected chi connectivity index (χ0v) is 15.4. The first-order valence-corrected chi connectivity index (χ1v) is 10.0. The Morgan fingerprint density at radius 2 is 1.92 bits per heavy atom. The molecule has 132 valence electrons. The van der Waals surface area contributed by atoms with Crippen molar-refractivity contribution in [2.45, 2.75) is 25.0 Å². The number of aromatic nitrogens is 1. The predicted octanol–water partition coefficient (Wildman–Crippen LogP) is 0.516. The zero-order valence-electron chi connectivity index (χ0n) is 13.8. The molecule has 2 fully saturated rings. The van der Waals surface area contributed by atoms with E-state index in [1.807, 2.05) is 0 Å². The maximum atomic E-state index is 12.2. The van der Waals surface area contributed by atoms with Gasteiger partial charge in [0.1, 0.15) is 4.88 Å². The van der Waals surface area contributed by atoms with Crippen LogP contribution in [0.2, 0.25) is 0 Å². The minimum atomic E-state index is -3.20. The molecular weight excluding hydrogens is 352 g/mol. The lowest BCUT2D eigenvalue weighted by Crippen LogP contribution is -2.55. The minimum Gasteiger partial charge on any atom is -0.344 e. The van der Waals surface area contributed by atoms with Gasteiger partial charge in [-0.2, -0.15) is 4.31 Å². The molecule has 0 bridgehead atoms. The number of nitrogens with one attached hydrogen (secondary N) is 1. The van der Waals surface area contributed by atoms with E-state index < -0.39 is 10.0 Å². The summed E-state index contributed by atoms with van der Waals surface area (Å²) < 4.78 is 25.4. The monoisotopic (exact) mass is 372 g/mol. The van der Waals surface area contributed by atoms with Gasteiger partial charge in [-0.05, 0) is 19.8 Å². The van der Waals surface area contributed by atoms with Gasteiger partial charge in [0.15, 0.2) is 5.13 Å². The second kappa shape index (κ2) is 6.08. The van der Waals surface area contributed by atoms with Gasteiger partial charge < -0.3 is 10.2 Å². The molecule has 1 N–H and O–H groups in total. The lowest BCUT2D eigenvalue weighted by Gasteiger charge is -2.36.